The van der Waals surface area contributed by atoms with E-state index in [1.807, 2.05) is 6.92 Å². The van der Waals surface area contributed by atoms with Crippen LogP contribution in [0.4, 0.5) is 0 Å². The van der Waals surface area contributed by atoms with Crippen LogP contribution >= 0.6 is 0 Å². The normalized spacial score (nSPS) is 14.2. The molecule has 134 valence electrons. The summed E-state index contributed by atoms with van der Waals surface area (Å²) < 4.78 is 26.8. The molecule has 0 spiro atoms. The number of rotatable bonds is 8. The van der Waals surface area contributed by atoms with Gasteiger partial charge in [-0.2, -0.15) is 0 Å². The zero-order valence-corrected chi connectivity index (χ0v) is 15.1. The van der Waals surface area contributed by atoms with E-state index < -0.39 is 27.9 Å². The van der Waals surface area contributed by atoms with Crippen molar-refractivity contribution in [1.82, 2.24) is 10.0 Å². The first-order chi connectivity index (χ1) is 11.1. The van der Waals surface area contributed by atoms with Crippen molar-refractivity contribution in [3.05, 3.63) is 29.8 Å². The Labute approximate surface area is 142 Å². The zero-order valence-electron chi connectivity index (χ0n) is 14.2. The molecule has 0 saturated carbocycles. The number of carboxylic acids is 1. The lowest BCUT2D eigenvalue weighted by Crippen LogP contribution is -2.44. The smallest absolute Gasteiger partial charge is 0.326 e. The number of nitrogens with one attached hydrogen (secondary N) is 2. The van der Waals surface area contributed by atoms with Crippen LogP contribution in [0, 0.1) is 5.92 Å². The average Bonchev–Trinajstić information content (AvgIpc) is 2.51. The minimum atomic E-state index is -3.64. The third-order valence-electron chi connectivity index (χ3n) is 3.61. The van der Waals surface area contributed by atoms with Crippen molar-refractivity contribution in [3.63, 3.8) is 0 Å². The number of sulfonamides is 1. The summed E-state index contributed by atoms with van der Waals surface area (Å²) in [6.07, 6.45) is 0.658. The number of carbonyl (C=O) groups excluding carboxylic acids is 1. The fraction of sp³-hybridized carbons (Fsp3) is 0.500. The molecule has 0 heterocycles. The molecule has 1 amide bonds. The fourth-order valence-corrected chi connectivity index (χ4v) is 3.27. The molecule has 0 aliphatic heterocycles. The van der Waals surface area contributed by atoms with E-state index in [-0.39, 0.29) is 22.4 Å². The van der Waals surface area contributed by atoms with Gasteiger partial charge < -0.3 is 10.4 Å². The molecule has 0 aromatic heterocycles. The molecule has 8 heteroatoms. The molecule has 7 nitrogen and oxygen atoms in total. The molecular weight excluding hydrogens is 332 g/mol. The van der Waals surface area contributed by atoms with Gasteiger partial charge >= 0.3 is 5.97 Å². The standard InChI is InChI=1S/C16H24N2O5S/c1-5-11(4)18-24(22,23)13-8-6-12(7-9-13)15(19)17-14(10(2)3)16(20)21/h6-11,14,18H,5H2,1-4H3,(H,17,19)(H,20,21)/t11?,14-/m0/s1. The Morgan fingerprint density at radius 2 is 1.67 bits per heavy atom. The van der Waals surface area contributed by atoms with Gasteiger partial charge in [-0.1, -0.05) is 20.8 Å². The van der Waals surface area contributed by atoms with Crippen molar-refractivity contribution >= 4 is 21.9 Å². The average molecular weight is 356 g/mol. The summed E-state index contributed by atoms with van der Waals surface area (Å²) >= 11 is 0. The first kappa shape index (κ1) is 20.1. The predicted octanol–water partition coefficient (Wildman–Crippen LogP) is 1.60. The minimum Gasteiger partial charge on any atom is -0.480 e. The van der Waals surface area contributed by atoms with Crippen LogP contribution in [-0.2, 0) is 14.8 Å². The largest absolute Gasteiger partial charge is 0.480 e. The Bertz CT molecular complexity index is 683. The van der Waals surface area contributed by atoms with Crippen molar-refractivity contribution in [3.8, 4) is 0 Å². The Morgan fingerprint density at radius 3 is 2.08 bits per heavy atom. The second-order valence-electron chi connectivity index (χ2n) is 5.99. The van der Waals surface area contributed by atoms with E-state index in [0.29, 0.717) is 6.42 Å². The van der Waals surface area contributed by atoms with Gasteiger partial charge in [0, 0.05) is 11.6 Å². The van der Waals surface area contributed by atoms with E-state index in [1.165, 1.54) is 24.3 Å². The summed E-state index contributed by atoms with van der Waals surface area (Å²) in [6, 6.07) is 4.17. The molecule has 0 radical (unpaired) electrons. The molecule has 24 heavy (non-hydrogen) atoms. The van der Waals surface area contributed by atoms with Gasteiger partial charge in [0.2, 0.25) is 10.0 Å². The Balaban J connectivity index is 2.91. The summed E-state index contributed by atoms with van der Waals surface area (Å²) in [7, 11) is -3.64. The van der Waals surface area contributed by atoms with Crippen LogP contribution in [0.3, 0.4) is 0 Å². The molecule has 0 aliphatic rings. The van der Waals surface area contributed by atoms with Gasteiger partial charge in [-0.05, 0) is 43.5 Å². The van der Waals surface area contributed by atoms with Gasteiger partial charge in [-0.15, -0.1) is 0 Å². The summed E-state index contributed by atoms with van der Waals surface area (Å²) in [6.45, 7) is 7.01. The van der Waals surface area contributed by atoms with E-state index in [2.05, 4.69) is 10.0 Å². The lowest BCUT2D eigenvalue weighted by Gasteiger charge is -2.18. The minimum absolute atomic E-state index is 0.0537. The predicted molar refractivity (Wildman–Crippen MR) is 90.2 cm³/mol. The highest BCUT2D eigenvalue weighted by atomic mass is 32.2. The lowest BCUT2D eigenvalue weighted by atomic mass is 10.0. The van der Waals surface area contributed by atoms with E-state index in [1.54, 1.807) is 20.8 Å². The molecule has 1 aromatic rings. The third-order valence-corrected chi connectivity index (χ3v) is 5.22. The van der Waals surface area contributed by atoms with Crippen molar-refractivity contribution in [1.29, 1.82) is 0 Å². The monoisotopic (exact) mass is 356 g/mol. The van der Waals surface area contributed by atoms with E-state index >= 15 is 0 Å². The highest BCUT2D eigenvalue weighted by molar-refractivity contribution is 7.89. The second-order valence-corrected chi connectivity index (χ2v) is 7.70. The highest BCUT2D eigenvalue weighted by Gasteiger charge is 2.24. The van der Waals surface area contributed by atoms with Crippen molar-refractivity contribution in [2.24, 2.45) is 5.92 Å². The second kappa shape index (κ2) is 8.25. The van der Waals surface area contributed by atoms with Gasteiger partial charge in [-0.3, -0.25) is 4.79 Å². The molecule has 3 N–H and O–H groups in total. The third kappa shape index (κ3) is 5.31. The maximum atomic E-state index is 12.1. The maximum absolute atomic E-state index is 12.1. The van der Waals surface area contributed by atoms with Crippen molar-refractivity contribution < 1.29 is 23.1 Å². The number of hydrogen-bond donors (Lipinski definition) is 3. The number of benzene rings is 1. The number of amides is 1. The Morgan fingerprint density at radius 1 is 1.12 bits per heavy atom. The first-order valence-electron chi connectivity index (χ1n) is 7.74. The van der Waals surface area contributed by atoms with Gasteiger partial charge in [-0.25, -0.2) is 17.9 Å². The maximum Gasteiger partial charge on any atom is 0.326 e. The van der Waals surface area contributed by atoms with Gasteiger partial charge in [0.25, 0.3) is 5.91 Å². The Hall–Kier alpha value is -1.93. The molecular formula is C16H24N2O5S. The summed E-state index contributed by atoms with van der Waals surface area (Å²) in [4.78, 5) is 23.3. The van der Waals surface area contributed by atoms with Gasteiger partial charge in [0.1, 0.15) is 6.04 Å². The molecule has 1 rings (SSSR count). The molecule has 2 atom stereocenters. The van der Waals surface area contributed by atoms with Crippen molar-refractivity contribution in [2.75, 3.05) is 0 Å². The highest BCUT2D eigenvalue weighted by Crippen LogP contribution is 2.12. The van der Waals surface area contributed by atoms with Crippen LogP contribution in [0.15, 0.2) is 29.2 Å². The first-order valence-corrected chi connectivity index (χ1v) is 9.22. The number of hydrogen-bond acceptors (Lipinski definition) is 4. The summed E-state index contributed by atoms with van der Waals surface area (Å²) in [5, 5.41) is 11.5. The van der Waals surface area contributed by atoms with E-state index in [0.717, 1.165) is 0 Å². The van der Waals surface area contributed by atoms with Crippen molar-refractivity contribution in [2.45, 2.75) is 51.1 Å². The van der Waals surface area contributed by atoms with Crippen LogP contribution < -0.4 is 10.0 Å². The molecule has 1 unspecified atom stereocenters. The zero-order chi connectivity index (χ0) is 18.5. The fourth-order valence-electron chi connectivity index (χ4n) is 1.94. The van der Waals surface area contributed by atoms with E-state index in [4.69, 9.17) is 5.11 Å². The Kier molecular flexibility index (Phi) is 6.92. The molecule has 0 bridgehead atoms. The molecule has 1 aromatic carbocycles. The van der Waals surface area contributed by atoms with Crippen LogP contribution in [0.1, 0.15) is 44.5 Å². The van der Waals surface area contributed by atoms with Gasteiger partial charge in [0.05, 0.1) is 4.90 Å². The van der Waals surface area contributed by atoms with Crippen LogP contribution in [-0.4, -0.2) is 37.5 Å². The number of carboxylic acid groups (broad SMARTS) is 1. The van der Waals surface area contributed by atoms with E-state index in [9.17, 15) is 18.0 Å². The van der Waals surface area contributed by atoms with Crippen LogP contribution in [0.2, 0.25) is 0 Å². The molecule has 0 fully saturated rings. The van der Waals surface area contributed by atoms with Crippen LogP contribution in [0.5, 0.6) is 0 Å². The summed E-state index contributed by atoms with van der Waals surface area (Å²) in [5.74, 6) is -1.95. The number of aliphatic carboxylic acids is 1. The lowest BCUT2D eigenvalue weighted by molar-refractivity contribution is -0.140. The van der Waals surface area contributed by atoms with Crippen LogP contribution in [0.25, 0.3) is 0 Å². The molecule has 0 saturated heterocycles. The summed E-state index contributed by atoms with van der Waals surface area (Å²) in [5.41, 5.74) is 0.199. The topological polar surface area (TPSA) is 113 Å². The molecule has 0 aliphatic carbocycles. The quantitative estimate of drug-likeness (QED) is 0.655. The van der Waals surface area contributed by atoms with Gasteiger partial charge in [0.15, 0.2) is 0 Å². The number of carbonyl (C=O) groups is 2. The SMILES string of the molecule is CCC(C)NS(=O)(=O)c1ccc(C(=O)N[C@H](C(=O)O)C(C)C)cc1.